The molecule has 1 atom stereocenters. The molecule has 0 spiro atoms. The highest BCUT2D eigenvalue weighted by atomic mass is 16.2. The normalized spacial score (nSPS) is 11.9. The Morgan fingerprint density at radius 3 is 2.62 bits per heavy atom. The van der Waals surface area contributed by atoms with Crippen molar-refractivity contribution in [2.45, 2.75) is 33.1 Å². The van der Waals surface area contributed by atoms with Crippen molar-refractivity contribution < 1.29 is 4.79 Å². The van der Waals surface area contributed by atoms with Gasteiger partial charge in [0, 0.05) is 12.2 Å². The summed E-state index contributed by atoms with van der Waals surface area (Å²) in [5, 5.41) is 5.60. The molecule has 0 bridgehead atoms. The minimum atomic E-state index is -0.141. The Morgan fingerprint density at radius 1 is 1.31 bits per heavy atom. The molecule has 0 radical (unpaired) electrons. The Labute approximate surface area is 97.2 Å². The second kappa shape index (κ2) is 6.16. The van der Waals surface area contributed by atoms with Gasteiger partial charge < -0.3 is 10.6 Å². The van der Waals surface area contributed by atoms with E-state index in [9.17, 15) is 4.79 Å². The molecule has 0 heterocycles. The molecule has 0 fully saturated rings. The molecule has 0 aliphatic rings. The van der Waals surface area contributed by atoms with E-state index in [1.165, 1.54) is 5.56 Å². The summed E-state index contributed by atoms with van der Waals surface area (Å²) in [7, 11) is 0. The number of nitrogens with one attached hydrogen (secondary N) is 2. The summed E-state index contributed by atoms with van der Waals surface area (Å²) in [6.07, 6.45) is 1.06. The van der Waals surface area contributed by atoms with Crippen molar-refractivity contribution in [2.75, 3.05) is 11.9 Å². The Morgan fingerprint density at radius 2 is 2.00 bits per heavy atom. The molecule has 0 aliphatic carbocycles. The molecule has 2 amide bonds. The van der Waals surface area contributed by atoms with Gasteiger partial charge in [-0.05, 0) is 30.9 Å². The number of carbonyl (C=O) groups is 1. The van der Waals surface area contributed by atoms with Crippen LogP contribution >= 0.6 is 0 Å². The van der Waals surface area contributed by atoms with E-state index in [1.807, 2.05) is 25.1 Å². The molecule has 1 unspecified atom stereocenters. The van der Waals surface area contributed by atoms with Crippen molar-refractivity contribution in [2.24, 2.45) is 0 Å². The zero-order valence-corrected chi connectivity index (χ0v) is 10.2. The van der Waals surface area contributed by atoms with Crippen LogP contribution in [-0.2, 0) is 0 Å². The Balaban J connectivity index is 2.82. The second-order valence-corrected chi connectivity index (χ2v) is 3.88. The first-order valence-corrected chi connectivity index (χ1v) is 5.82. The van der Waals surface area contributed by atoms with E-state index >= 15 is 0 Å². The van der Waals surface area contributed by atoms with Crippen LogP contribution in [0.1, 0.15) is 38.7 Å². The third kappa shape index (κ3) is 3.26. The van der Waals surface area contributed by atoms with E-state index in [1.54, 1.807) is 0 Å². The van der Waals surface area contributed by atoms with Crippen LogP contribution in [0.5, 0.6) is 0 Å². The molecule has 16 heavy (non-hydrogen) atoms. The standard InChI is InChI=1S/C13H20N2O/c1-4-10(3)11-8-6-7-9-12(11)15-13(16)14-5-2/h6-10H,4-5H2,1-3H3,(H2,14,15,16). The van der Waals surface area contributed by atoms with Crippen LogP contribution in [0.3, 0.4) is 0 Å². The molecule has 0 aromatic heterocycles. The highest BCUT2D eigenvalue weighted by Gasteiger charge is 2.09. The van der Waals surface area contributed by atoms with E-state index in [2.05, 4.69) is 30.5 Å². The molecule has 1 aromatic rings. The van der Waals surface area contributed by atoms with Crippen LogP contribution in [0.4, 0.5) is 10.5 Å². The molecule has 3 nitrogen and oxygen atoms in total. The predicted molar refractivity (Wildman–Crippen MR) is 67.8 cm³/mol. The lowest BCUT2D eigenvalue weighted by atomic mass is 9.97. The van der Waals surface area contributed by atoms with Crippen LogP contribution in [0.2, 0.25) is 0 Å². The van der Waals surface area contributed by atoms with Gasteiger partial charge in [0.15, 0.2) is 0 Å². The zero-order valence-electron chi connectivity index (χ0n) is 10.2. The number of para-hydroxylation sites is 1. The number of anilines is 1. The molecule has 1 aromatic carbocycles. The van der Waals surface area contributed by atoms with Gasteiger partial charge in [0.2, 0.25) is 0 Å². The van der Waals surface area contributed by atoms with Gasteiger partial charge in [-0.15, -0.1) is 0 Å². The topological polar surface area (TPSA) is 41.1 Å². The number of urea groups is 1. The SMILES string of the molecule is CCNC(=O)Nc1ccccc1C(C)CC. The van der Waals surface area contributed by atoms with E-state index in [4.69, 9.17) is 0 Å². The third-order valence-corrected chi connectivity index (χ3v) is 2.69. The number of amides is 2. The first kappa shape index (κ1) is 12.6. The number of rotatable bonds is 4. The molecule has 88 valence electrons. The molecule has 2 N–H and O–H groups in total. The first-order chi connectivity index (χ1) is 7.69. The van der Waals surface area contributed by atoms with Crippen molar-refractivity contribution in [3.63, 3.8) is 0 Å². The van der Waals surface area contributed by atoms with Gasteiger partial charge in [-0.3, -0.25) is 0 Å². The molecule has 1 rings (SSSR count). The molecule has 0 saturated heterocycles. The maximum absolute atomic E-state index is 11.5. The lowest BCUT2D eigenvalue weighted by molar-refractivity contribution is 0.252. The van der Waals surface area contributed by atoms with E-state index < -0.39 is 0 Å². The summed E-state index contributed by atoms with van der Waals surface area (Å²) in [6.45, 7) is 6.85. The maximum Gasteiger partial charge on any atom is 0.319 e. The van der Waals surface area contributed by atoms with Gasteiger partial charge in [0.25, 0.3) is 0 Å². The monoisotopic (exact) mass is 220 g/mol. The summed E-state index contributed by atoms with van der Waals surface area (Å²) in [6, 6.07) is 7.81. The van der Waals surface area contributed by atoms with E-state index in [0.717, 1.165) is 12.1 Å². The van der Waals surface area contributed by atoms with Gasteiger partial charge in [-0.2, -0.15) is 0 Å². The van der Waals surface area contributed by atoms with Crippen LogP contribution in [-0.4, -0.2) is 12.6 Å². The molecule has 0 aliphatic heterocycles. The van der Waals surface area contributed by atoms with Crippen LogP contribution < -0.4 is 10.6 Å². The van der Waals surface area contributed by atoms with Crippen LogP contribution in [0.25, 0.3) is 0 Å². The van der Waals surface area contributed by atoms with Gasteiger partial charge in [0.05, 0.1) is 0 Å². The Hall–Kier alpha value is -1.51. The van der Waals surface area contributed by atoms with Crippen LogP contribution in [0.15, 0.2) is 24.3 Å². The minimum Gasteiger partial charge on any atom is -0.338 e. The summed E-state index contributed by atoms with van der Waals surface area (Å²) in [4.78, 5) is 11.5. The fourth-order valence-corrected chi connectivity index (χ4v) is 1.59. The third-order valence-electron chi connectivity index (χ3n) is 2.69. The lowest BCUT2D eigenvalue weighted by Crippen LogP contribution is -2.28. The van der Waals surface area contributed by atoms with Crippen molar-refractivity contribution >= 4 is 11.7 Å². The minimum absolute atomic E-state index is 0.141. The van der Waals surface area contributed by atoms with Gasteiger partial charge >= 0.3 is 6.03 Å². The number of hydrogen-bond acceptors (Lipinski definition) is 1. The molecular weight excluding hydrogens is 200 g/mol. The summed E-state index contributed by atoms with van der Waals surface area (Å²) < 4.78 is 0. The highest BCUT2D eigenvalue weighted by molar-refractivity contribution is 5.90. The number of hydrogen-bond donors (Lipinski definition) is 2. The fraction of sp³-hybridized carbons (Fsp3) is 0.462. The zero-order chi connectivity index (χ0) is 12.0. The fourth-order valence-electron chi connectivity index (χ4n) is 1.59. The van der Waals surface area contributed by atoms with Crippen molar-refractivity contribution in [1.82, 2.24) is 5.32 Å². The summed E-state index contributed by atoms with van der Waals surface area (Å²) >= 11 is 0. The quantitative estimate of drug-likeness (QED) is 0.802. The van der Waals surface area contributed by atoms with Gasteiger partial charge in [-0.1, -0.05) is 32.0 Å². The number of carbonyl (C=O) groups excluding carboxylic acids is 1. The van der Waals surface area contributed by atoms with E-state index in [-0.39, 0.29) is 6.03 Å². The average molecular weight is 220 g/mol. The van der Waals surface area contributed by atoms with Gasteiger partial charge in [-0.25, -0.2) is 4.79 Å². The largest absolute Gasteiger partial charge is 0.338 e. The highest BCUT2D eigenvalue weighted by Crippen LogP contribution is 2.26. The molecular formula is C13H20N2O. The number of benzene rings is 1. The van der Waals surface area contributed by atoms with E-state index in [0.29, 0.717) is 12.5 Å². The predicted octanol–water partition coefficient (Wildman–Crippen LogP) is 3.34. The molecule has 0 saturated carbocycles. The second-order valence-electron chi connectivity index (χ2n) is 3.88. The van der Waals surface area contributed by atoms with Crippen molar-refractivity contribution in [3.05, 3.63) is 29.8 Å². The van der Waals surface area contributed by atoms with Crippen molar-refractivity contribution in [3.8, 4) is 0 Å². The smallest absolute Gasteiger partial charge is 0.319 e. The Bertz CT molecular complexity index is 350. The summed E-state index contributed by atoms with van der Waals surface area (Å²) in [5.74, 6) is 0.457. The van der Waals surface area contributed by atoms with Gasteiger partial charge in [0.1, 0.15) is 0 Å². The summed E-state index contributed by atoms with van der Waals surface area (Å²) in [5.41, 5.74) is 2.10. The first-order valence-electron chi connectivity index (χ1n) is 5.82. The maximum atomic E-state index is 11.5. The van der Waals surface area contributed by atoms with Crippen molar-refractivity contribution in [1.29, 1.82) is 0 Å². The average Bonchev–Trinajstić information content (AvgIpc) is 2.29. The van der Waals surface area contributed by atoms with Crippen LogP contribution in [0, 0.1) is 0 Å². The Kier molecular flexibility index (Phi) is 4.83. The lowest BCUT2D eigenvalue weighted by Gasteiger charge is -2.15. The molecule has 3 heteroatoms.